The van der Waals surface area contributed by atoms with Gasteiger partial charge in [0, 0.05) is 30.1 Å². The minimum absolute atomic E-state index is 0.0405. The van der Waals surface area contributed by atoms with Crippen molar-refractivity contribution in [2.45, 2.75) is 31.8 Å². The molecule has 2 atom stereocenters. The number of benzene rings is 2. The van der Waals surface area contributed by atoms with Crippen molar-refractivity contribution in [1.29, 1.82) is 0 Å². The van der Waals surface area contributed by atoms with Crippen molar-refractivity contribution in [3.8, 4) is 5.75 Å². The van der Waals surface area contributed by atoms with Crippen molar-refractivity contribution in [2.24, 2.45) is 0 Å². The molecule has 0 saturated carbocycles. The number of halogens is 1. The van der Waals surface area contributed by atoms with E-state index in [0.717, 1.165) is 12.0 Å². The lowest BCUT2D eigenvalue weighted by Gasteiger charge is -2.34. The van der Waals surface area contributed by atoms with Gasteiger partial charge in [0.2, 0.25) is 10.0 Å². The van der Waals surface area contributed by atoms with Gasteiger partial charge in [-0.25, -0.2) is 17.5 Å². The molecular weight excluding hydrogens is 367 g/mol. The van der Waals surface area contributed by atoms with Crippen LogP contribution in [0.2, 0.25) is 0 Å². The predicted molar refractivity (Wildman–Crippen MR) is 104 cm³/mol. The maximum absolute atomic E-state index is 14.5. The maximum atomic E-state index is 14.5. The summed E-state index contributed by atoms with van der Waals surface area (Å²) in [6.07, 6.45) is 0.786. The summed E-state index contributed by atoms with van der Waals surface area (Å²) < 4.78 is 46.1. The second-order valence-electron chi connectivity index (χ2n) is 6.71. The fourth-order valence-corrected chi connectivity index (χ4v) is 3.96. The van der Waals surface area contributed by atoms with Crippen LogP contribution in [0.1, 0.15) is 29.5 Å². The minimum atomic E-state index is -3.39. The highest BCUT2D eigenvalue weighted by molar-refractivity contribution is 7.89. The Balaban J connectivity index is 1.93. The van der Waals surface area contributed by atoms with Crippen LogP contribution >= 0.6 is 0 Å². The first-order valence-electron chi connectivity index (χ1n) is 9.07. The summed E-state index contributed by atoms with van der Waals surface area (Å²) in [5, 5.41) is 3.28. The van der Waals surface area contributed by atoms with E-state index in [9.17, 15) is 12.8 Å². The van der Waals surface area contributed by atoms with Crippen LogP contribution in [0.25, 0.3) is 0 Å². The summed E-state index contributed by atoms with van der Waals surface area (Å²) in [5.41, 5.74) is 2.41. The number of sulfonamides is 1. The second kappa shape index (κ2) is 8.37. The summed E-state index contributed by atoms with van der Waals surface area (Å²) >= 11 is 0. The van der Waals surface area contributed by atoms with Crippen molar-refractivity contribution in [2.75, 3.05) is 19.4 Å². The first-order chi connectivity index (χ1) is 12.9. The lowest BCUT2D eigenvalue weighted by atomic mass is 9.83. The van der Waals surface area contributed by atoms with E-state index >= 15 is 0 Å². The topological polar surface area (TPSA) is 67.4 Å². The SMILES string of the molecule is CCS(=O)(=O)NCc1cc2c(cc1F)OC[C@H](NC)[C@H]2Cc1ccccc1. The zero-order valence-corrected chi connectivity index (χ0v) is 16.4. The quantitative estimate of drug-likeness (QED) is 0.760. The van der Waals surface area contributed by atoms with Crippen molar-refractivity contribution >= 4 is 10.0 Å². The number of likely N-dealkylation sites (N-methyl/N-ethyl adjacent to an activating group) is 1. The van der Waals surface area contributed by atoms with E-state index in [2.05, 4.69) is 22.2 Å². The third-order valence-corrected chi connectivity index (χ3v) is 6.36. The largest absolute Gasteiger partial charge is 0.492 e. The van der Waals surface area contributed by atoms with Gasteiger partial charge in [0.25, 0.3) is 0 Å². The van der Waals surface area contributed by atoms with Crippen LogP contribution in [0.3, 0.4) is 0 Å². The van der Waals surface area contributed by atoms with Crippen LogP contribution in [0.15, 0.2) is 42.5 Å². The molecule has 0 radical (unpaired) electrons. The van der Waals surface area contributed by atoms with Gasteiger partial charge >= 0.3 is 0 Å². The Labute approximate surface area is 160 Å². The highest BCUT2D eigenvalue weighted by Crippen LogP contribution is 2.37. The summed E-state index contributed by atoms with van der Waals surface area (Å²) in [6.45, 7) is 1.94. The number of hydrogen-bond acceptors (Lipinski definition) is 4. The molecule has 0 saturated heterocycles. The van der Waals surface area contributed by atoms with Crippen LogP contribution in [0, 0.1) is 5.82 Å². The van der Waals surface area contributed by atoms with Gasteiger partial charge < -0.3 is 10.1 Å². The molecule has 7 heteroatoms. The van der Waals surface area contributed by atoms with E-state index in [-0.39, 0.29) is 24.3 Å². The van der Waals surface area contributed by atoms with Crippen molar-refractivity contribution < 1.29 is 17.5 Å². The average molecular weight is 392 g/mol. The Bertz CT molecular complexity index is 888. The lowest BCUT2D eigenvalue weighted by Crippen LogP contribution is -2.41. The molecule has 0 fully saturated rings. The molecule has 1 aliphatic rings. The molecule has 0 bridgehead atoms. The Morgan fingerprint density at radius 3 is 2.63 bits per heavy atom. The number of fused-ring (bicyclic) bond motifs is 1. The van der Waals surface area contributed by atoms with E-state index in [1.807, 2.05) is 25.2 Å². The van der Waals surface area contributed by atoms with Crippen LogP contribution < -0.4 is 14.8 Å². The van der Waals surface area contributed by atoms with E-state index in [1.165, 1.54) is 11.6 Å². The van der Waals surface area contributed by atoms with Gasteiger partial charge in [0.1, 0.15) is 18.2 Å². The fourth-order valence-electron chi connectivity index (χ4n) is 3.38. The van der Waals surface area contributed by atoms with Gasteiger partial charge in [-0.1, -0.05) is 30.3 Å². The normalized spacial score (nSPS) is 19.4. The Kier molecular flexibility index (Phi) is 6.14. The summed E-state index contributed by atoms with van der Waals surface area (Å²) in [5.74, 6) is 0.125. The van der Waals surface area contributed by atoms with E-state index in [4.69, 9.17) is 4.74 Å². The van der Waals surface area contributed by atoms with Crippen LogP contribution in [-0.4, -0.2) is 33.9 Å². The van der Waals surface area contributed by atoms with Crippen molar-refractivity contribution in [3.05, 3.63) is 65.0 Å². The molecule has 2 aromatic rings. The zero-order valence-electron chi connectivity index (χ0n) is 15.5. The molecule has 5 nitrogen and oxygen atoms in total. The molecular formula is C20H25FN2O3S. The monoisotopic (exact) mass is 392 g/mol. The van der Waals surface area contributed by atoms with Gasteiger partial charge in [-0.15, -0.1) is 0 Å². The first-order valence-corrected chi connectivity index (χ1v) is 10.7. The number of rotatable bonds is 7. The average Bonchev–Trinajstić information content (AvgIpc) is 2.67. The summed E-state index contributed by atoms with van der Waals surface area (Å²) in [7, 11) is -1.51. The van der Waals surface area contributed by atoms with E-state index < -0.39 is 15.8 Å². The van der Waals surface area contributed by atoms with Crippen molar-refractivity contribution in [1.82, 2.24) is 10.0 Å². The van der Waals surface area contributed by atoms with Gasteiger partial charge in [0.15, 0.2) is 0 Å². The lowest BCUT2D eigenvalue weighted by molar-refractivity contribution is 0.217. The Hall–Kier alpha value is -1.96. The highest BCUT2D eigenvalue weighted by atomic mass is 32.2. The summed E-state index contributed by atoms with van der Waals surface area (Å²) in [4.78, 5) is 0. The second-order valence-corrected chi connectivity index (χ2v) is 8.80. The van der Waals surface area contributed by atoms with Crippen LogP contribution in [0.5, 0.6) is 5.75 Å². The van der Waals surface area contributed by atoms with Crippen LogP contribution in [0.4, 0.5) is 4.39 Å². The van der Waals surface area contributed by atoms with Gasteiger partial charge in [0.05, 0.1) is 5.75 Å². The molecule has 3 rings (SSSR count). The summed E-state index contributed by atoms with van der Waals surface area (Å²) in [6, 6.07) is 13.3. The third-order valence-electron chi connectivity index (χ3n) is 5.01. The minimum Gasteiger partial charge on any atom is -0.492 e. The molecule has 0 amide bonds. The molecule has 0 unspecified atom stereocenters. The maximum Gasteiger partial charge on any atom is 0.211 e. The molecule has 146 valence electrons. The van der Waals surface area contributed by atoms with Gasteiger partial charge in [-0.05, 0) is 37.6 Å². The highest BCUT2D eigenvalue weighted by Gasteiger charge is 2.31. The number of hydrogen-bond donors (Lipinski definition) is 2. The third kappa shape index (κ3) is 4.66. The number of nitrogens with one attached hydrogen (secondary N) is 2. The van der Waals surface area contributed by atoms with Crippen molar-refractivity contribution in [3.63, 3.8) is 0 Å². The molecule has 0 aromatic heterocycles. The molecule has 0 aliphatic carbocycles. The molecule has 2 N–H and O–H groups in total. The fraction of sp³-hybridized carbons (Fsp3) is 0.400. The van der Waals surface area contributed by atoms with Crippen LogP contribution in [-0.2, 0) is 23.0 Å². The standard InChI is InChI=1S/C20H25FN2O3S/c1-3-27(24,25)23-12-15-10-17-16(9-14-7-5-4-6-8-14)19(22-2)13-26-20(17)11-18(15)21/h4-8,10-11,16,19,22-23H,3,9,12-13H2,1-2H3/t16-,19-/m0/s1. The molecule has 2 aromatic carbocycles. The van der Waals surface area contributed by atoms with Gasteiger partial charge in [-0.3, -0.25) is 0 Å². The van der Waals surface area contributed by atoms with E-state index in [0.29, 0.717) is 17.9 Å². The molecule has 0 spiro atoms. The Morgan fingerprint density at radius 1 is 1.22 bits per heavy atom. The smallest absolute Gasteiger partial charge is 0.211 e. The van der Waals surface area contributed by atoms with E-state index in [1.54, 1.807) is 13.0 Å². The predicted octanol–water partition coefficient (Wildman–Crippen LogP) is 2.57. The molecule has 1 heterocycles. The Morgan fingerprint density at radius 2 is 1.96 bits per heavy atom. The van der Waals surface area contributed by atoms with Gasteiger partial charge in [-0.2, -0.15) is 0 Å². The molecule has 1 aliphatic heterocycles. The zero-order chi connectivity index (χ0) is 19.4. The number of ether oxygens (including phenoxy) is 1. The first kappa shape index (κ1) is 19.8. The molecule has 27 heavy (non-hydrogen) atoms.